The van der Waals surface area contributed by atoms with Gasteiger partial charge in [-0.05, 0) is 75.2 Å². The van der Waals surface area contributed by atoms with Gasteiger partial charge in [-0.1, -0.05) is 12.1 Å². The van der Waals surface area contributed by atoms with Crippen molar-refractivity contribution in [2.75, 3.05) is 13.2 Å². The van der Waals surface area contributed by atoms with Crippen LogP contribution in [-0.2, 0) is 19.6 Å². The number of carbonyl (C=O) groups is 2. The van der Waals surface area contributed by atoms with E-state index in [9.17, 15) is 18.0 Å². The molecule has 1 aromatic heterocycles. The number of primary sulfonamides is 1. The van der Waals surface area contributed by atoms with E-state index >= 15 is 0 Å². The number of hydrogen-bond donors (Lipinski definition) is 1. The fraction of sp³-hybridized carbons (Fsp3) is 0.280. The molecule has 0 spiro atoms. The van der Waals surface area contributed by atoms with Crippen molar-refractivity contribution in [2.24, 2.45) is 5.14 Å². The summed E-state index contributed by atoms with van der Waals surface area (Å²) >= 11 is 0. The van der Waals surface area contributed by atoms with E-state index in [-0.39, 0.29) is 30.3 Å². The Labute approximate surface area is 199 Å². The number of nitrogens with two attached hydrogens (primary N) is 1. The highest BCUT2D eigenvalue weighted by atomic mass is 32.2. The number of ketones is 1. The lowest BCUT2D eigenvalue weighted by molar-refractivity contribution is -0.143. The van der Waals surface area contributed by atoms with E-state index in [2.05, 4.69) is 0 Å². The van der Waals surface area contributed by atoms with Crippen molar-refractivity contribution in [1.82, 2.24) is 4.57 Å². The highest BCUT2D eigenvalue weighted by Crippen LogP contribution is 2.23. The summed E-state index contributed by atoms with van der Waals surface area (Å²) in [5.74, 6) is -0.135. The predicted molar refractivity (Wildman–Crippen MR) is 128 cm³/mol. The van der Waals surface area contributed by atoms with Crippen molar-refractivity contribution in [1.29, 1.82) is 0 Å². The number of esters is 1. The maximum absolute atomic E-state index is 12.7. The topological polar surface area (TPSA) is 118 Å². The predicted octanol–water partition coefficient (Wildman–Crippen LogP) is 3.55. The first kappa shape index (κ1) is 25.2. The second-order valence-corrected chi connectivity index (χ2v) is 9.67. The fourth-order valence-electron chi connectivity index (χ4n) is 3.63. The van der Waals surface area contributed by atoms with E-state index in [0.29, 0.717) is 22.7 Å². The van der Waals surface area contributed by atoms with Crippen molar-refractivity contribution < 1.29 is 27.5 Å². The minimum absolute atomic E-state index is 0.00321. The molecule has 3 aromatic rings. The molecule has 3 rings (SSSR count). The van der Waals surface area contributed by atoms with Crippen LogP contribution >= 0.6 is 0 Å². The molecule has 2 aromatic carbocycles. The molecule has 8 nitrogen and oxygen atoms in total. The summed E-state index contributed by atoms with van der Waals surface area (Å²) in [4.78, 5) is 24.8. The zero-order valence-corrected chi connectivity index (χ0v) is 20.4. The van der Waals surface area contributed by atoms with Crippen LogP contribution in [0.2, 0.25) is 0 Å². The molecule has 0 atom stereocenters. The minimum Gasteiger partial charge on any atom is -0.493 e. The van der Waals surface area contributed by atoms with E-state index in [1.165, 1.54) is 12.1 Å². The number of ether oxygens (including phenoxy) is 2. The first-order valence-electron chi connectivity index (χ1n) is 10.7. The average Bonchev–Trinajstić information content (AvgIpc) is 3.08. The quantitative estimate of drug-likeness (QED) is 0.367. The van der Waals surface area contributed by atoms with Crippen molar-refractivity contribution in [3.8, 4) is 11.4 Å². The first-order valence-corrected chi connectivity index (χ1v) is 12.2. The number of aromatic nitrogens is 1. The van der Waals surface area contributed by atoms with Crippen LogP contribution in [0.1, 0.15) is 39.3 Å². The Hall–Kier alpha value is -3.43. The van der Waals surface area contributed by atoms with Crippen LogP contribution < -0.4 is 9.88 Å². The molecular weight excluding hydrogens is 456 g/mol. The molecular formula is C25H28N2O6S. The van der Waals surface area contributed by atoms with E-state index in [4.69, 9.17) is 14.6 Å². The van der Waals surface area contributed by atoms with Gasteiger partial charge in [0.25, 0.3) is 0 Å². The third-order valence-electron chi connectivity index (χ3n) is 5.43. The number of carbonyl (C=O) groups excluding carboxylic acids is 2. The van der Waals surface area contributed by atoms with Crippen LogP contribution in [-0.4, -0.2) is 38.0 Å². The molecule has 0 radical (unpaired) electrons. The smallest absolute Gasteiger partial charge is 0.309 e. The Morgan fingerprint density at radius 2 is 1.65 bits per heavy atom. The van der Waals surface area contributed by atoms with Gasteiger partial charge >= 0.3 is 5.97 Å². The van der Waals surface area contributed by atoms with E-state index in [0.717, 1.165) is 16.8 Å². The van der Waals surface area contributed by atoms with E-state index in [1.807, 2.05) is 43.5 Å². The number of rotatable bonds is 9. The summed E-state index contributed by atoms with van der Waals surface area (Å²) in [6.45, 7) is 7.26. The molecule has 0 unspecified atom stereocenters. The van der Waals surface area contributed by atoms with Gasteiger partial charge in [0.1, 0.15) is 5.75 Å². The Bertz CT molecular complexity index is 1320. The Morgan fingerprint density at radius 1 is 0.971 bits per heavy atom. The lowest BCUT2D eigenvalue weighted by atomic mass is 10.1. The molecule has 0 saturated heterocycles. The van der Waals surface area contributed by atoms with Gasteiger partial charge in [-0.2, -0.15) is 0 Å². The molecule has 0 saturated carbocycles. The van der Waals surface area contributed by atoms with Crippen LogP contribution in [0.5, 0.6) is 5.75 Å². The molecule has 2 N–H and O–H groups in total. The molecule has 0 aliphatic heterocycles. The largest absolute Gasteiger partial charge is 0.493 e. The third kappa shape index (κ3) is 5.92. The first-order chi connectivity index (χ1) is 16.0. The van der Waals surface area contributed by atoms with Crippen molar-refractivity contribution in [2.45, 2.75) is 39.0 Å². The Kier molecular flexibility index (Phi) is 7.58. The third-order valence-corrected chi connectivity index (χ3v) is 6.36. The zero-order chi connectivity index (χ0) is 25.0. The van der Waals surface area contributed by atoms with Crippen molar-refractivity contribution in [3.63, 3.8) is 0 Å². The molecule has 0 amide bonds. The van der Waals surface area contributed by atoms with Crippen LogP contribution in [0, 0.1) is 27.7 Å². The Balaban J connectivity index is 1.60. The van der Waals surface area contributed by atoms with E-state index < -0.39 is 16.0 Å². The second-order valence-electron chi connectivity index (χ2n) is 8.11. The van der Waals surface area contributed by atoms with E-state index in [1.54, 1.807) is 25.1 Å². The van der Waals surface area contributed by atoms with Crippen LogP contribution in [0.15, 0.2) is 53.4 Å². The summed E-state index contributed by atoms with van der Waals surface area (Å²) in [6.07, 6.45) is 0.0239. The van der Waals surface area contributed by atoms with Crippen molar-refractivity contribution >= 4 is 21.8 Å². The van der Waals surface area contributed by atoms with Crippen molar-refractivity contribution in [3.05, 3.63) is 76.6 Å². The number of aryl methyl sites for hydroxylation is 3. The summed E-state index contributed by atoms with van der Waals surface area (Å²) in [7, 11) is -3.79. The molecule has 1 heterocycles. The van der Waals surface area contributed by atoms with Gasteiger partial charge in [-0.15, -0.1) is 0 Å². The monoisotopic (exact) mass is 484 g/mol. The molecule has 0 aliphatic rings. The number of Topliss-reactive ketones (excluding diaryl/α,β-unsaturated/α-hetero) is 1. The average molecular weight is 485 g/mol. The number of nitrogens with zero attached hydrogens (tertiary/aromatic N) is 1. The maximum atomic E-state index is 12.7. The molecule has 9 heteroatoms. The molecule has 34 heavy (non-hydrogen) atoms. The highest BCUT2D eigenvalue weighted by Gasteiger charge is 2.19. The summed E-state index contributed by atoms with van der Waals surface area (Å²) in [5, 5.41) is 5.15. The summed E-state index contributed by atoms with van der Waals surface area (Å²) < 4.78 is 35.6. The SMILES string of the molecule is Cc1ccc(C)c(OCCC(=O)OCC(=O)c2cc(C)n(-c3ccc(S(N)(=O)=O)cc3)c2C)c1. The maximum Gasteiger partial charge on any atom is 0.309 e. The van der Waals surface area contributed by atoms with Crippen LogP contribution in [0.25, 0.3) is 5.69 Å². The number of hydrogen-bond acceptors (Lipinski definition) is 6. The summed E-state index contributed by atoms with van der Waals surface area (Å²) in [6, 6.07) is 13.6. The van der Waals surface area contributed by atoms with Gasteiger partial charge < -0.3 is 14.0 Å². The minimum atomic E-state index is -3.79. The van der Waals surface area contributed by atoms with Gasteiger partial charge in [0.05, 0.1) is 17.9 Å². The van der Waals surface area contributed by atoms with Crippen LogP contribution in [0.4, 0.5) is 0 Å². The Morgan fingerprint density at radius 3 is 2.29 bits per heavy atom. The second kappa shape index (κ2) is 10.2. The standard InChI is InChI=1S/C25H28N2O6S/c1-16-5-6-17(2)24(13-16)32-12-11-25(29)33-15-23(28)22-14-18(3)27(19(22)4)20-7-9-21(10-8-20)34(26,30)31/h5-10,13-14H,11-12,15H2,1-4H3,(H2,26,30,31). The zero-order valence-electron chi connectivity index (χ0n) is 19.6. The molecule has 0 bridgehead atoms. The number of sulfonamides is 1. The van der Waals surface area contributed by atoms with Gasteiger partial charge in [0.15, 0.2) is 6.61 Å². The molecule has 0 aliphatic carbocycles. The van der Waals surface area contributed by atoms with Gasteiger partial charge in [0.2, 0.25) is 15.8 Å². The molecule has 180 valence electrons. The lowest BCUT2D eigenvalue weighted by Gasteiger charge is -2.11. The van der Waals surface area contributed by atoms with Gasteiger partial charge in [0, 0.05) is 22.6 Å². The lowest BCUT2D eigenvalue weighted by Crippen LogP contribution is -2.16. The van der Waals surface area contributed by atoms with Crippen LogP contribution in [0.3, 0.4) is 0 Å². The summed E-state index contributed by atoms with van der Waals surface area (Å²) in [5.41, 5.74) is 4.57. The number of benzene rings is 2. The molecule has 0 fully saturated rings. The fourth-order valence-corrected chi connectivity index (χ4v) is 4.15. The van der Waals surface area contributed by atoms with Gasteiger partial charge in [-0.3, -0.25) is 9.59 Å². The normalized spacial score (nSPS) is 11.3. The highest BCUT2D eigenvalue weighted by molar-refractivity contribution is 7.89. The van der Waals surface area contributed by atoms with Gasteiger partial charge in [-0.25, -0.2) is 13.6 Å².